The monoisotopic (exact) mass is 286 g/mol. The summed E-state index contributed by atoms with van der Waals surface area (Å²) in [7, 11) is 0. The number of rotatable bonds is 4. The molecule has 7 heteroatoms. The van der Waals surface area contributed by atoms with Crippen LogP contribution in [-0.4, -0.2) is 47.3 Å². The van der Waals surface area contributed by atoms with Crippen molar-refractivity contribution in [2.45, 2.75) is 12.6 Å². The van der Waals surface area contributed by atoms with E-state index >= 15 is 0 Å². The van der Waals surface area contributed by atoms with E-state index in [-0.39, 0.29) is 18.4 Å². The molecule has 1 aliphatic heterocycles. The molecule has 1 heterocycles. The Morgan fingerprint density at radius 3 is 3.05 bits per heavy atom. The third-order valence-corrected chi connectivity index (χ3v) is 3.45. The summed E-state index contributed by atoms with van der Waals surface area (Å²) in [5, 5.41) is 20.5. The average Bonchev–Trinajstić information content (AvgIpc) is 2.41. The van der Waals surface area contributed by atoms with Gasteiger partial charge in [-0.3, -0.25) is 15.0 Å². The van der Waals surface area contributed by atoms with Crippen molar-refractivity contribution in [3.8, 4) is 0 Å². The summed E-state index contributed by atoms with van der Waals surface area (Å²) >= 11 is 6.05. The molecule has 0 bridgehead atoms. The van der Waals surface area contributed by atoms with E-state index in [1.807, 2.05) is 4.90 Å². The van der Waals surface area contributed by atoms with Gasteiger partial charge in [-0.15, -0.1) is 0 Å². The Kier molecular flexibility index (Phi) is 4.71. The fraction of sp³-hybridized carbons (Fsp3) is 0.500. The van der Waals surface area contributed by atoms with E-state index in [2.05, 4.69) is 0 Å². The SMILES string of the molecule is O=[N+]([O-])c1cccc(Cl)c1CN1CCOC(CO)C1. The highest BCUT2D eigenvalue weighted by Gasteiger charge is 2.24. The Morgan fingerprint density at radius 2 is 2.37 bits per heavy atom. The largest absolute Gasteiger partial charge is 0.394 e. The molecular weight excluding hydrogens is 272 g/mol. The maximum atomic E-state index is 11.0. The standard InChI is InChI=1S/C12H15ClN2O4/c13-11-2-1-3-12(15(17)18)10(11)7-14-4-5-19-9(6-14)8-16/h1-3,9,16H,4-8H2. The normalized spacial score (nSPS) is 20.4. The summed E-state index contributed by atoms with van der Waals surface area (Å²) in [6.07, 6.45) is -0.240. The zero-order chi connectivity index (χ0) is 13.8. The van der Waals surface area contributed by atoms with Gasteiger partial charge in [0.1, 0.15) is 0 Å². The van der Waals surface area contributed by atoms with E-state index in [0.717, 1.165) is 0 Å². The van der Waals surface area contributed by atoms with Gasteiger partial charge in [0, 0.05) is 25.7 Å². The van der Waals surface area contributed by atoms with Gasteiger partial charge in [-0.2, -0.15) is 0 Å². The van der Waals surface area contributed by atoms with Gasteiger partial charge < -0.3 is 9.84 Å². The maximum absolute atomic E-state index is 11.0. The number of morpholine rings is 1. The first-order valence-corrected chi connectivity index (χ1v) is 6.36. The van der Waals surface area contributed by atoms with Crippen LogP contribution < -0.4 is 0 Å². The van der Waals surface area contributed by atoms with Crippen molar-refractivity contribution in [3.05, 3.63) is 38.9 Å². The lowest BCUT2D eigenvalue weighted by atomic mass is 10.1. The van der Waals surface area contributed by atoms with Gasteiger partial charge >= 0.3 is 0 Å². The Morgan fingerprint density at radius 1 is 1.58 bits per heavy atom. The van der Waals surface area contributed by atoms with Crippen LogP contribution in [0.1, 0.15) is 5.56 Å². The number of nitrogens with zero attached hydrogens (tertiary/aromatic N) is 2. The van der Waals surface area contributed by atoms with E-state index in [0.29, 0.717) is 36.8 Å². The molecule has 1 aromatic rings. The Bertz CT molecular complexity index is 469. The lowest BCUT2D eigenvalue weighted by Gasteiger charge is -2.32. The van der Waals surface area contributed by atoms with Crippen molar-refractivity contribution >= 4 is 17.3 Å². The van der Waals surface area contributed by atoms with Crippen LogP contribution in [0.4, 0.5) is 5.69 Å². The quantitative estimate of drug-likeness (QED) is 0.669. The molecule has 0 aromatic heterocycles. The van der Waals surface area contributed by atoms with Crippen LogP contribution in [0.3, 0.4) is 0 Å². The minimum Gasteiger partial charge on any atom is -0.394 e. The fourth-order valence-electron chi connectivity index (χ4n) is 2.13. The molecule has 0 saturated carbocycles. The number of hydrogen-bond donors (Lipinski definition) is 1. The van der Waals surface area contributed by atoms with Crippen LogP contribution in [0.25, 0.3) is 0 Å². The molecule has 1 saturated heterocycles. The number of ether oxygens (including phenoxy) is 1. The van der Waals surface area contributed by atoms with Gasteiger partial charge in [-0.05, 0) is 6.07 Å². The van der Waals surface area contributed by atoms with Crippen molar-refractivity contribution in [2.24, 2.45) is 0 Å². The van der Waals surface area contributed by atoms with Crippen molar-refractivity contribution in [3.63, 3.8) is 0 Å². The van der Waals surface area contributed by atoms with Gasteiger partial charge in [0.2, 0.25) is 0 Å². The highest BCUT2D eigenvalue weighted by molar-refractivity contribution is 6.31. The molecule has 2 rings (SSSR count). The molecular formula is C12H15ClN2O4. The molecule has 1 N–H and O–H groups in total. The van der Waals surface area contributed by atoms with E-state index < -0.39 is 4.92 Å². The second-order valence-electron chi connectivity index (χ2n) is 4.41. The first-order chi connectivity index (χ1) is 9.11. The van der Waals surface area contributed by atoms with Gasteiger partial charge in [0.05, 0.1) is 34.8 Å². The lowest BCUT2D eigenvalue weighted by Crippen LogP contribution is -2.43. The van der Waals surface area contributed by atoms with Gasteiger partial charge in [0.25, 0.3) is 5.69 Å². The number of benzene rings is 1. The molecule has 1 aromatic carbocycles. The number of aliphatic hydroxyl groups is 1. The van der Waals surface area contributed by atoms with Crippen molar-refractivity contribution in [2.75, 3.05) is 26.3 Å². The number of hydrogen-bond acceptors (Lipinski definition) is 5. The molecule has 1 atom stereocenters. The number of nitro groups is 1. The second-order valence-corrected chi connectivity index (χ2v) is 4.81. The minimum absolute atomic E-state index is 0.0274. The fourth-order valence-corrected chi connectivity index (χ4v) is 2.36. The first kappa shape index (κ1) is 14.2. The van der Waals surface area contributed by atoms with Gasteiger partial charge in [-0.25, -0.2) is 0 Å². The number of aliphatic hydroxyl groups excluding tert-OH is 1. The van der Waals surface area contributed by atoms with E-state index in [1.54, 1.807) is 12.1 Å². The zero-order valence-corrected chi connectivity index (χ0v) is 11.0. The predicted octanol–water partition coefficient (Wildman–Crippen LogP) is 1.44. The molecule has 1 fully saturated rings. The minimum atomic E-state index is -0.425. The summed E-state index contributed by atoms with van der Waals surface area (Å²) < 4.78 is 5.34. The van der Waals surface area contributed by atoms with Gasteiger partial charge in [-0.1, -0.05) is 17.7 Å². The molecule has 1 unspecified atom stereocenters. The summed E-state index contributed by atoms with van der Waals surface area (Å²) in [4.78, 5) is 12.6. The maximum Gasteiger partial charge on any atom is 0.275 e. The van der Waals surface area contributed by atoms with Gasteiger partial charge in [0.15, 0.2) is 0 Å². The topological polar surface area (TPSA) is 75.8 Å². The van der Waals surface area contributed by atoms with E-state index in [9.17, 15) is 10.1 Å². The third-order valence-electron chi connectivity index (χ3n) is 3.10. The Labute approximate surface area is 115 Å². The van der Waals surface area contributed by atoms with Crippen molar-refractivity contribution in [1.29, 1.82) is 0 Å². The molecule has 6 nitrogen and oxygen atoms in total. The number of halogens is 1. The Balaban J connectivity index is 2.16. The van der Waals surface area contributed by atoms with E-state index in [4.69, 9.17) is 21.4 Å². The average molecular weight is 287 g/mol. The van der Waals surface area contributed by atoms with Crippen molar-refractivity contribution < 1.29 is 14.8 Å². The summed E-state index contributed by atoms with van der Waals surface area (Å²) in [5.74, 6) is 0. The third kappa shape index (κ3) is 3.42. The molecule has 1 aliphatic rings. The smallest absolute Gasteiger partial charge is 0.275 e. The van der Waals surface area contributed by atoms with Crippen LogP contribution >= 0.6 is 11.6 Å². The summed E-state index contributed by atoms with van der Waals surface area (Å²) in [6.45, 7) is 2.04. The van der Waals surface area contributed by atoms with Crippen LogP contribution in [0, 0.1) is 10.1 Å². The van der Waals surface area contributed by atoms with Crippen molar-refractivity contribution in [1.82, 2.24) is 4.90 Å². The lowest BCUT2D eigenvalue weighted by molar-refractivity contribution is -0.385. The molecule has 104 valence electrons. The molecule has 0 spiro atoms. The molecule has 0 radical (unpaired) electrons. The highest BCUT2D eigenvalue weighted by atomic mass is 35.5. The molecule has 19 heavy (non-hydrogen) atoms. The van der Waals surface area contributed by atoms with Crippen LogP contribution in [0.5, 0.6) is 0 Å². The summed E-state index contributed by atoms with van der Waals surface area (Å²) in [5.41, 5.74) is 0.535. The van der Waals surface area contributed by atoms with Crippen LogP contribution in [-0.2, 0) is 11.3 Å². The first-order valence-electron chi connectivity index (χ1n) is 5.98. The van der Waals surface area contributed by atoms with Crippen LogP contribution in [0.2, 0.25) is 5.02 Å². The zero-order valence-electron chi connectivity index (χ0n) is 10.3. The number of nitro benzene ring substituents is 1. The predicted molar refractivity (Wildman–Crippen MR) is 70.2 cm³/mol. The summed E-state index contributed by atoms with van der Waals surface area (Å²) in [6, 6.07) is 4.67. The molecule has 0 aliphatic carbocycles. The Hall–Kier alpha value is -1.21. The van der Waals surface area contributed by atoms with Crippen LogP contribution in [0.15, 0.2) is 18.2 Å². The highest BCUT2D eigenvalue weighted by Crippen LogP contribution is 2.28. The van der Waals surface area contributed by atoms with E-state index in [1.165, 1.54) is 6.07 Å². The molecule has 0 amide bonds. The second kappa shape index (κ2) is 6.29.